The van der Waals surface area contributed by atoms with Gasteiger partial charge in [0.05, 0.1) is 27.2 Å². The van der Waals surface area contributed by atoms with Crippen molar-refractivity contribution in [2.45, 2.75) is 85.0 Å². The highest BCUT2D eigenvalue weighted by Gasteiger charge is 2.14. The van der Waals surface area contributed by atoms with E-state index in [4.69, 9.17) is 4.74 Å². The largest absolute Gasteiger partial charge is 0.331 e. The molecule has 0 radical (unpaired) electrons. The zero-order valence-electron chi connectivity index (χ0n) is 15.6. The average Bonchev–Trinajstić information content (AvgIpc) is 2.40. The second-order valence-corrected chi connectivity index (χ2v) is 7.74. The summed E-state index contributed by atoms with van der Waals surface area (Å²) in [6, 6.07) is 0. The molecule has 0 N–H and O–H groups in total. The van der Waals surface area contributed by atoms with Gasteiger partial charge in [-0.3, -0.25) is 0 Å². The first-order valence-corrected chi connectivity index (χ1v) is 9.37. The first-order chi connectivity index (χ1) is 9.98. The van der Waals surface area contributed by atoms with Gasteiger partial charge in [-0.05, 0) is 18.8 Å². The molecule has 2 nitrogen and oxygen atoms in total. The lowest BCUT2D eigenvalue weighted by Gasteiger charge is -2.29. The first kappa shape index (κ1) is 20.9. The molecule has 0 aromatic carbocycles. The monoisotopic (exact) mass is 300 g/mol. The van der Waals surface area contributed by atoms with E-state index in [2.05, 4.69) is 34.9 Å². The molecule has 0 aromatic rings. The Hall–Kier alpha value is -0.0800. The predicted molar refractivity (Wildman–Crippen MR) is 94.5 cm³/mol. The van der Waals surface area contributed by atoms with Crippen LogP contribution in [0.15, 0.2) is 0 Å². The van der Waals surface area contributed by atoms with E-state index < -0.39 is 0 Å². The van der Waals surface area contributed by atoms with Crippen molar-refractivity contribution in [3.05, 3.63) is 0 Å². The van der Waals surface area contributed by atoms with Crippen molar-refractivity contribution in [2.24, 2.45) is 5.92 Å². The van der Waals surface area contributed by atoms with Crippen LogP contribution in [0.25, 0.3) is 0 Å². The van der Waals surface area contributed by atoms with Crippen LogP contribution in [0.1, 0.15) is 85.0 Å². The molecule has 0 aliphatic heterocycles. The van der Waals surface area contributed by atoms with Gasteiger partial charge in [-0.2, -0.15) is 0 Å². The van der Waals surface area contributed by atoms with Crippen molar-refractivity contribution in [3.63, 3.8) is 0 Å². The molecule has 0 heterocycles. The van der Waals surface area contributed by atoms with E-state index in [0.29, 0.717) is 5.92 Å². The maximum Gasteiger partial charge on any atom is 0.182 e. The molecule has 0 unspecified atom stereocenters. The van der Waals surface area contributed by atoms with Gasteiger partial charge in [0.15, 0.2) is 6.73 Å². The summed E-state index contributed by atoms with van der Waals surface area (Å²) in [5.74, 6) is 0.641. The standard InChI is InChI=1S/C19H42NO/c1-6-7-8-9-10-11-12-13-14-15-16-20(4,5)18-21-17-19(2)3/h19H,6-18H2,1-5H3/q+1. The Morgan fingerprint density at radius 1 is 0.762 bits per heavy atom. The molecule has 128 valence electrons. The Labute approximate surface area is 134 Å². The highest BCUT2D eigenvalue weighted by Crippen LogP contribution is 2.11. The van der Waals surface area contributed by atoms with Crippen LogP contribution >= 0.6 is 0 Å². The summed E-state index contributed by atoms with van der Waals surface area (Å²) < 4.78 is 6.78. The van der Waals surface area contributed by atoms with Gasteiger partial charge in [0.2, 0.25) is 0 Å². The van der Waals surface area contributed by atoms with Crippen LogP contribution in [-0.2, 0) is 4.74 Å². The number of rotatable bonds is 15. The van der Waals surface area contributed by atoms with Crippen LogP contribution in [0.3, 0.4) is 0 Å². The Morgan fingerprint density at radius 3 is 1.71 bits per heavy atom. The van der Waals surface area contributed by atoms with Gasteiger partial charge in [0, 0.05) is 0 Å². The molecule has 0 atom stereocenters. The molecule has 0 spiro atoms. The third-order valence-electron chi connectivity index (χ3n) is 4.01. The molecule has 21 heavy (non-hydrogen) atoms. The number of nitrogens with zero attached hydrogens (tertiary/aromatic N) is 1. The van der Waals surface area contributed by atoms with Gasteiger partial charge >= 0.3 is 0 Å². The van der Waals surface area contributed by atoms with Crippen molar-refractivity contribution in [1.82, 2.24) is 0 Å². The SMILES string of the molecule is CCCCCCCCCCCC[N+](C)(C)COCC(C)C. The van der Waals surface area contributed by atoms with Gasteiger partial charge in [-0.1, -0.05) is 72.1 Å². The number of unbranched alkanes of at least 4 members (excludes halogenated alkanes) is 9. The Kier molecular flexibility index (Phi) is 13.5. The molecule has 0 aromatic heterocycles. The Bertz CT molecular complexity index is 214. The number of hydrogen-bond donors (Lipinski definition) is 0. The molecule has 0 aliphatic rings. The minimum Gasteiger partial charge on any atom is -0.331 e. The fourth-order valence-corrected chi connectivity index (χ4v) is 2.63. The molecule has 2 heteroatoms. The molecular formula is C19H42NO+. The van der Waals surface area contributed by atoms with Crippen LogP contribution in [0.4, 0.5) is 0 Å². The van der Waals surface area contributed by atoms with Crippen molar-refractivity contribution in [3.8, 4) is 0 Å². The second-order valence-electron chi connectivity index (χ2n) is 7.74. The van der Waals surface area contributed by atoms with Crippen molar-refractivity contribution < 1.29 is 9.22 Å². The van der Waals surface area contributed by atoms with E-state index in [9.17, 15) is 0 Å². The minimum absolute atomic E-state index is 0.641. The third-order valence-corrected chi connectivity index (χ3v) is 4.01. The minimum atomic E-state index is 0.641. The second kappa shape index (κ2) is 13.6. The maximum absolute atomic E-state index is 5.77. The fraction of sp³-hybridized carbons (Fsp3) is 1.00. The van der Waals surface area contributed by atoms with Gasteiger partial charge < -0.3 is 9.22 Å². The lowest BCUT2D eigenvalue weighted by molar-refractivity contribution is -0.910. The summed E-state index contributed by atoms with van der Waals surface area (Å²) in [4.78, 5) is 0. The molecule has 0 bridgehead atoms. The quantitative estimate of drug-likeness (QED) is 0.217. The van der Waals surface area contributed by atoms with Crippen molar-refractivity contribution >= 4 is 0 Å². The van der Waals surface area contributed by atoms with E-state index in [1.807, 2.05) is 0 Å². The summed E-state index contributed by atoms with van der Waals surface area (Å²) in [5, 5.41) is 0. The lowest BCUT2D eigenvalue weighted by atomic mass is 10.1. The Morgan fingerprint density at radius 2 is 1.24 bits per heavy atom. The fourth-order valence-electron chi connectivity index (χ4n) is 2.63. The topological polar surface area (TPSA) is 9.23 Å². The number of hydrogen-bond acceptors (Lipinski definition) is 1. The van der Waals surface area contributed by atoms with Crippen LogP contribution in [0, 0.1) is 5.92 Å². The average molecular weight is 301 g/mol. The summed E-state index contributed by atoms with van der Waals surface area (Å²) in [7, 11) is 4.57. The van der Waals surface area contributed by atoms with Crippen molar-refractivity contribution in [2.75, 3.05) is 34.0 Å². The van der Waals surface area contributed by atoms with Gasteiger partial charge in [-0.25, -0.2) is 0 Å². The molecule has 0 saturated heterocycles. The summed E-state index contributed by atoms with van der Waals surface area (Å²) in [6.45, 7) is 9.70. The normalized spacial score (nSPS) is 12.3. The van der Waals surface area contributed by atoms with E-state index in [0.717, 1.165) is 17.8 Å². The molecule has 0 fully saturated rings. The molecular weight excluding hydrogens is 258 g/mol. The van der Waals surface area contributed by atoms with Gasteiger partial charge in [-0.15, -0.1) is 0 Å². The van der Waals surface area contributed by atoms with E-state index in [1.54, 1.807) is 0 Å². The summed E-state index contributed by atoms with van der Waals surface area (Å²) >= 11 is 0. The highest BCUT2D eigenvalue weighted by molar-refractivity contribution is 4.47. The maximum atomic E-state index is 5.77. The van der Waals surface area contributed by atoms with Crippen LogP contribution < -0.4 is 0 Å². The zero-order chi connectivity index (χ0) is 16.0. The molecule has 0 amide bonds. The van der Waals surface area contributed by atoms with Gasteiger partial charge in [0.1, 0.15) is 0 Å². The zero-order valence-corrected chi connectivity index (χ0v) is 15.6. The van der Waals surface area contributed by atoms with Crippen LogP contribution in [-0.4, -0.2) is 38.5 Å². The van der Waals surface area contributed by atoms with Crippen LogP contribution in [0.5, 0.6) is 0 Å². The highest BCUT2D eigenvalue weighted by atomic mass is 16.5. The van der Waals surface area contributed by atoms with Gasteiger partial charge in [0.25, 0.3) is 0 Å². The number of ether oxygens (including phenoxy) is 1. The van der Waals surface area contributed by atoms with Crippen molar-refractivity contribution in [1.29, 1.82) is 0 Å². The molecule has 0 aliphatic carbocycles. The molecule has 0 rings (SSSR count). The third kappa shape index (κ3) is 16.1. The number of quaternary nitrogens is 1. The van der Waals surface area contributed by atoms with E-state index in [1.165, 1.54) is 70.8 Å². The first-order valence-electron chi connectivity index (χ1n) is 9.37. The Balaban J connectivity index is 3.32. The lowest BCUT2D eigenvalue weighted by Crippen LogP contribution is -2.42. The smallest absolute Gasteiger partial charge is 0.182 e. The summed E-state index contributed by atoms with van der Waals surface area (Å²) in [5.41, 5.74) is 0. The summed E-state index contributed by atoms with van der Waals surface area (Å²) in [6.07, 6.45) is 14.1. The van der Waals surface area contributed by atoms with Crippen LogP contribution in [0.2, 0.25) is 0 Å². The van der Waals surface area contributed by atoms with E-state index >= 15 is 0 Å². The predicted octanol–water partition coefficient (Wildman–Crippen LogP) is 5.61. The van der Waals surface area contributed by atoms with E-state index in [-0.39, 0.29) is 0 Å². The molecule has 0 saturated carbocycles.